The van der Waals surface area contributed by atoms with Gasteiger partial charge in [-0.05, 0) is 53.9 Å². The fourth-order valence-corrected chi connectivity index (χ4v) is 4.34. The number of anilines is 1. The summed E-state index contributed by atoms with van der Waals surface area (Å²) in [6.07, 6.45) is 5.27. The summed E-state index contributed by atoms with van der Waals surface area (Å²) in [5, 5.41) is 7.55. The van der Waals surface area contributed by atoms with Gasteiger partial charge in [-0.15, -0.1) is 0 Å². The number of nitrogens with one attached hydrogen (secondary N) is 2. The van der Waals surface area contributed by atoms with E-state index in [-0.39, 0.29) is 12.1 Å². The number of halogens is 1. The van der Waals surface area contributed by atoms with Crippen molar-refractivity contribution in [1.82, 2.24) is 19.9 Å². The van der Waals surface area contributed by atoms with Gasteiger partial charge in [-0.2, -0.15) is 0 Å². The predicted molar refractivity (Wildman–Crippen MR) is 142 cm³/mol. The molecule has 0 bridgehead atoms. The monoisotopic (exact) mass is 575 g/mol. The van der Waals surface area contributed by atoms with Crippen molar-refractivity contribution in [2.75, 3.05) is 18.4 Å². The first-order valence-electron chi connectivity index (χ1n) is 10.8. The van der Waals surface area contributed by atoms with Crippen molar-refractivity contribution in [1.29, 1.82) is 0 Å². The number of hydrogen-bond acceptors (Lipinski definition) is 6. The molecule has 172 valence electrons. The molecule has 2 aromatic heterocycles. The lowest BCUT2D eigenvalue weighted by atomic mass is 10.1. The van der Waals surface area contributed by atoms with Crippen LogP contribution >= 0.6 is 30.1 Å². The number of carbonyl (C=O) groups excluding carboxylic acids is 1. The van der Waals surface area contributed by atoms with Crippen LogP contribution in [0.4, 0.5) is 10.7 Å². The Labute approximate surface area is 210 Å². The summed E-state index contributed by atoms with van der Waals surface area (Å²) in [7, 11) is 1.43. The lowest BCUT2D eigenvalue weighted by Gasteiger charge is -2.34. The Morgan fingerprint density at radius 1 is 1.36 bits per heavy atom. The van der Waals surface area contributed by atoms with Crippen molar-refractivity contribution in [3.63, 3.8) is 0 Å². The maximum Gasteiger partial charge on any atom is 0.410 e. The largest absolute Gasteiger partial charge is 0.444 e. The van der Waals surface area contributed by atoms with Crippen molar-refractivity contribution in [2.24, 2.45) is 0 Å². The van der Waals surface area contributed by atoms with Gasteiger partial charge in [-0.1, -0.05) is 24.1 Å². The molecule has 1 unspecified atom stereocenters. The van der Waals surface area contributed by atoms with E-state index in [1.165, 1.54) is 8.93 Å². The van der Waals surface area contributed by atoms with Gasteiger partial charge in [-0.3, -0.25) is 0 Å². The number of H-pyrrole nitrogens is 1. The number of fused-ring (bicyclic) bond motifs is 1. The van der Waals surface area contributed by atoms with Crippen molar-refractivity contribution in [3.05, 3.63) is 42.2 Å². The molecule has 0 radical (unpaired) electrons. The molecule has 1 aliphatic rings. The van der Waals surface area contributed by atoms with E-state index in [1.54, 1.807) is 11.1 Å². The Bertz CT molecular complexity index is 1210. The number of aromatic nitrogens is 3. The zero-order valence-electron chi connectivity index (χ0n) is 18.8. The van der Waals surface area contributed by atoms with Crippen molar-refractivity contribution < 1.29 is 9.53 Å². The van der Waals surface area contributed by atoms with E-state index in [1.807, 2.05) is 45.2 Å². The smallest absolute Gasteiger partial charge is 0.410 e. The number of benzene rings is 1. The number of nitrogens with zero attached hydrogens (tertiary/aromatic N) is 3. The number of likely N-dealkylation sites (tertiary alicyclic amines) is 1. The van der Waals surface area contributed by atoms with E-state index in [0.29, 0.717) is 19.0 Å². The Kier molecular flexibility index (Phi) is 7.34. The first-order valence-corrected chi connectivity index (χ1v) is 14.2. The predicted octanol–water partition coefficient (Wildman–Crippen LogP) is 5.83. The topological polar surface area (TPSA) is 83.1 Å². The summed E-state index contributed by atoms with van der Waals surface area (Å²) >= 11 is 2.15. The average molecular weight is 575 g/mol. The molecular formula is C24H26IN5O2S. The molecule has 7 nitrogen and oxygen atoms in total. The quantitative estimate of drug-likeness (QED) is 0.302. The van der Waals surface area contributed by atoms with E-state index >= 15 is 0 Å². The number of ether oxygens (including phenoxy) is 1. The van der Waals surface area contributed by atoms with Crippen LogP contribution in [-0.2, 0) is 4.74 Å². The normalized spacial score (nSPS) is 16.2. The average Bonchev–Trinajstić information content (AvgIpc) is 3.21. The number of aromatic amines is 1. The molecule has 3 aromatic rings. The van der Waals surface area contributed by atoms with Crippen molar-refractivity contribution in [2.45, 2.75) is 45.3 Å². The van der Waals surface area contributed by atoms with Crippen molar-refractivity contribution in [3.8, 4) is 22.4 Å². The third-order valence-corrected chi connectivity index (χ3v) is 6.10. The van der Waals surface area contributed by atoms with Gasteiger partial charge in [-0.25, -0.2) is 14.8 Å². The summed E-state index contributed by atoms with van der Waals surface area (Å²) < 4.78 is 5.54. The van der Waals surface area contributed by atoms with E-state index < -0.39 is 5.60 Å². The van der Waals surface area contributed by atoms with Crippen LogP contribution in [0.25, 0.3) is 22.2 Å². The summed E-state index contributed by atoms with van der Waals surface area (Å²) in [4.78, 5) is 27.0. The van der Waals surface area contributed by atoms with Gasteiger partial charge in [0, 0.05) is 69.2 Å². The Morgan fingerprint density at radius 2 is 2.18 bits per heavy atom. The van der Waals surface area contributed by atoms with Gasteiger partial charge < -0.3 is 19.9 Å². The van der Waals surface area contributed by atoms with Crippen LogP contribution in [-0.4, -0.2) is 50.7 Å². The molecule has 1 fully saturated rings. The first-order chi connectivity index (χ1) is 15.8. The molecule has 1 aromatic carbocycles. The van der Waals surface area contributed by atoms with Gasteiger partial charge in [0.05, 0.1) is 11.3 Å². The van der Waals surface area contributed by atoms with Gasteiger partial charge in [0.2, 0.25) is 5.95 Å². The number of carbonyl (C=O) groups is 1. The standard InChI is InChI=1S/C24H26IN5O2S/c1-24(2,3)32-23(31)30-11-6-7-17(15-30)28-22-27-13-16(10-12-33-25)21(29-22)19-14-26-20-9-5-4-8-18(19)20/h4-5,8-9,13-14,17,26H,6-7,11,15H2,1-3H3,(H,27,28,29). The highest BCUT2D eigenvalue weighted by Crippen LogP contribution is 2.30. The SMILES string of the molecule is CC(C)(C)OC(=O)N1CCCC(Nc2ncc(C#CSI)c(-c3c[nH]c4ccccc34)n2)C1. The van der Waals surface area contributed by atoms with Crippen LogP contribution in [0, 0.1) is 11.2 Å². The molecule has 1 amide bonds. The Morgan fingerprint density at radius 3 is 2.97 bits per heavy atom. The second-order valence-electron chi connectivity index (χ2n) is 8.92. The minimum Gasteiger partial charge on any atom is -0.444 e. The number of hydrogen-bond donors (Lipinski definition) is 2. The maximum atomic E-state index is 12.5. The summed E-state index contributed by atoms with van der Waals surface area (Å²) in [6.45, 7) is 6.88. The summed E-state index contributed by atoms with van der Waals surface area (Å²) in [5.74, 6) is 3.69. The van der Waals surface area contributed by atoms with Crippen LogP contribution in [0.5, 0.6) is 0 Å². The van der Waals surface area contributed by atoms with Crippen LogP contribution in [0.1, 0.15) is 39.2 Å². The second-order valence-corrected chi connectivity index (χ2v) is 10.6. The summed E-state index contributed by atoms with van der Waals surface area (Å²) in [6, 6.07) is 8.17. The minimum atomic E-state index is -0.512. The molecular weight excluding hydrogens is 549 g/mol. The molecule has 4 rings (SSSR count). The third kappa shape index (κ3) is 5.92. The lowest BCUT2D eigenvalue weighted by Crippen LogP contribution is -2.47. The van der Waals surface area contributed by atoms with E-state index in [0.717, 1.165) is 40.6 Å². The molecule has 33 heavy (non-hydrogen) atoms. The first kappa shape index (κ1) is 23.7. The van der Waals surface area contributed by atoms with Gasteiger partial charge in [0.25, 0.3) is 0 Å². The zero-order chi connectivity index (χ0) is 23.4. The van der Waals surface area contributed by atoms with Crippen LogP contribution < -0.4 is 5.32 Å². The number of rotatable bonds is 3. The molecule has 9 heteroatoms. The van der Waals surface area contributed by atoms with Gasteiger partial charge in [0.15, 0.2) is 0 Å². The molecule has 0 saturated carbocycles. The van der Waals surface area contributed by atoms with E-state index in [2.05, 4.69) is 53.7 Å². The lowest BCUT2D eigenvalue weighted by molar-refractivity contribution is 0.0206. The van der Waals surface area contributed by atoms with Crippen LogP contribution in [0.15, 0.2) is 36.7 Å². The van der Waals surface area contributed by atoms with E-state index in [4.69, 9.17) is 9.72 Å². The second kappa shape index (κ2) is 10.2. The fourth-order valence-electron chi connectivity index (χ4n) is 3.86. The maximum absolute atomic E-state index is 12.5. The van der Waals surface area contributed by atoms with Crippen molar-refractivity contribution >= 4 is 53.1 Å². The fraction of sp³-hybridized carbons (Fsp3) is 0.375. The van der Waals surface area contributed by atoms with Gasteiger partial charge in [0.1, 0.15) is 5.60 Å². The molecule has 1 saturated heterocycles. The third-order valence-electron chi connectivity index (χ3n) is 5.26. The highest BCUT2D eigenvalue weighted by Gasteiger charge is 2.28. The molecule has 1 atom stereocenters. The van der Waals surface area contributed by atoms with Crippen LogP contribution in [0.2, 0.25) is 0 Å². The number of piperidine rings is 1. The Hall–Kier alpha value is -2.45. The zero-order valence-corrected chi connectivity index (χ0v) is 21.8. The molecule has 2 N–H and O–H groups in total. The molecule has 1 aliphatic heterocycles. The molecule has 0 aliphatic carbocycles. The molecule has 0 spiro atoms. The summed E-state index contributed by atoms with van der Waals surface area (Å²) in [5.41, 5.74) is 3.07. The Balaban J connectivity index is 1.59. The number of para-hydroxylation sites is 1. The van der Waals surface area contributed by atoms with Crippen LogP contribution in [0.3, 0.4) is 0 Å². The number of amides is 1. The minimum absolute atomic E-state index is 0.0453. The van der Waals surface area contributed by atoms with E-state index in [9.17, 15) is 4.79 Å². The molecule has 3 heterocycles. The highest BCUT2D eigenvalue weighted by atomic mass is 127. The van der Waals surface area contributed by atoms with Gasteiger partial charge >= 0.3 is 6.09 Å². The highest BCUT2D eigenvalue weighted by molar-refractivity contribution is 14.2.